The van der Waals surface area contributed by atoms with Gasteiger partial charge in [0.25, 0.3) is 0 Å². The number of benzene rings is 2. The summed E-state index contributed by atoms with van der Waals surface area (Å²) < 4.78 is 42.4. The summed E-state index contributed by atoms with van der Waals surface area (Å²) in [7, 11) is 0. The number of nitrogens with zero attached hydrogens (tertiary/aromatic N) is 4. The third-order valence-corrected chi connectivity index (χ3v) is 7.34. The number of rotatable bonds is 7. The highest BCUT2D eigenvalue weighted by Gasteiger charge is 2.32. The highest BCUT2D eigenvalue weighted by Crippen LogP contribution is 2.37. The Morgan fingerprint density at radius 1 is 1.03 bits per heavy atom. The maximum atomic E-state index is 13.5. The molecule has 0 atom stereocenters. The molecule has 194 valence electrons. The molecule has 37 heavy (non-hydrogen) atoms. The van der Waals surface area contributed by atoms with E-state index < -0.39 is 11.7 Å². The molecule has 2 aromatic heterocycles. The van der Waals surface area contributed by atoms with Crippen LogP contribution in [0.2, 0.25) is 10.0 Å². The van der Waals surface area contributed by atoms with Gasteiger partial charge in [-0.3, -0.25) is 0 Å². The van der Waals surface area contributed by atoms with E-state index in [1.165, 1.54) is 6.07 Å². The molecule has 4 aromatic rings. The monoisotopic (exact) mass is 548 g/mol. The van der Waals surface area contributed by atoms with Crippen molar-refractivity contribution in [2.75, 3.05) is 18.4 Å². The van der Waals surface area contributed by atoms with E-state index in [4.69, 9.17) is 23.2 Å². The van der Waals surface area contributed by atoms with Crippen molar-refractivity contribution in [1.82, 2.24) is 24.8 Å². The van der Waals surface area contributed by atoms with Gasteiger partial charge in [-0.25, -0.2) is 9.97 Å². The minimum atomic E-state index is -4.50. The molecule has 0 aliphatic carbocycles. The normalized spacial score (nSPS) is 14.8. The summed E-state index contributed by atoms with van der Waals surface area (Å²) in [5.41, 5.74) is 1.34. The van der Waals surface area contributed by atoms with Gasteiger partial charge in [0.05, 0.1) is 16.8 Å². The van der Waals surface area contributed by atoms with Gasteiger partial charge >= 0.3 is 6.18 Å². The van der Waals surface area contributed by atoms with E-state index in [0.717, 1.165) is 50.0 Å². The molecule has 5 rings (SSSR count). The molecule has 1 aliphatic rings. The van der Waals surface area contributed by atoms with Gasteiger partial charge in [0, 0.05) is 23.7 Å². The van der Waals surface area contributed by atoms with Crippen molar-refractivity contribution in [2.24, 2.45) is 5.92 Å². The first-order valence-corrected chi connectivity index (χ1v) is 12.8. The lowest BCUT2D eigenvalue weighted by molar-refractivity contribution is -0.137. The fourth-order valence-electron chi connectivity index (χ4n) is 4.59. The summed E-state index contributed by atoms with van der Waals surface area (Å²) in [6.07, 6.45) is 0.0190. The SMILES string of the molecule is FC(F)(F)c1ccc(Cl)c(-c2nc3cnc(NCc4ccccc4Cl)nc3n2CCC2CCNCC2)c1. The molecule has 0 saturated carbocycles. The molecule has 1 aliphatic heterocycles. The molecular weight excluding hydrogens is 524 g/mol. The molecular formula is C26H25Cl2F3N6. The summed E-state index contributed by atoms with van der Waals surface area (Å²) in [6.45, 7) is 2.88. The largest absolute Gasteiger partial charge is 0.416 e. The number of piperidine rings is 1. The number of anilines is 1. The molecule has 3 heterocycles. The minimum Gasteiger partial charge on any atom is -0.350 e. The maximum absolute atomic E-state index is 13.5. The number of aromatic nitrogens is 4. The van der Waals surface area contributed by atoms with Gasteiger partial charge in [-0.05, 0) is 68.1 Å². The number of hydrogen-bond acceptors (Lipinski definition) is 5. The first-order valence-electron chi connectivity index (χ1n) is 12.1. The second-order valence-electron chi connectivity index (χ2n) is 9.11. The van der Waals surface area contributed by atoms with Crippen LogP contribution < -0.4 is 10.6 Å². The van der Waals surface area contributed by atoms with E-state index in [2.05, 4.69) is 25.6 Å². The minimum absolute atomic E-state index is 0.191. The van der Waals surface area contributed by atoms with Crippen LogP contribution in [-0.4, -0.2) is 32.6 Å². The van der Waals surface area contributed by atoms with Crippen LogP contribution in [0.1, 0.15) is 30.4 Å². The van der Waals surface area contributed by atoms with Gasteiger partial charge in [0.1, 0.15) is 11.3 Å². The first-order chi connectivity index (χ1) is 17.8. The zero-order valence-corrected chi connectivity index (χ0v) is 21.3. The molecule has 1 saturated heterocycles. The van der Waals surface area contributed by atoms with Crippen LogP contribution in [0, 0.1) is 5.92 Å². The van der Waals surface area contributed by atoms with E-state index in [9.17, 15) is 13.2 Å². The third kappa shape index (κ3) is 5.84. The van der Waals surface area contributed by atoms with Gasteiger partial charge in [-0.15, -0.1) is 0 Å². The molecule has 0 spiro atoms. The Balaban J connectivity index is 1.53. The second-order valence-corrected chi connectivity index (χ2v) is 9.92. The van der Waals surface area contributed by atoms with Crippen molar-refractivity contribution in [3.05, 3.63) is 69.8 Å². The molecule has 0 radical (unpaired) electrons. The fourth-order valence-corrected chi connectivity index (χ4v) is 5.00. The first kappa shape index (κ1) is 25.8. The Kier molecular flexibility index (Phi) is 7.55. The van der Waals surface area contributed by atoms with E-state index in [0.29, 0.717) is 47.0 Å². The van der Waals surface area contributed by atoms with Crippen LogP contribution in [0.15, 0.2) is 48.7 Å². The van der Waals surface area contributed by atoms with Gasteiger partial charge < -0.3 is 15.2 Å². The summed E-state index contributed by atoms with van der Waals surface area (Å²) in [4.78, 5) is 13.7. The Labute approximate surface area is 222 Å². The Hall–Kier alpha value is -2.88. The predicted molar refractivity (Wildman–Crippen MR) is 140 cm³/mol. The van der Waals surface area contributed by atoms with Crippen LogP contribution in [-0.2, 0) is 19.3 Å². The number of alkyl halides is 3. The number of fused-ring (bicyclic) bond motifs is 1. The average molecular weight is 549 g/mol. The zero-order chi connectivity index (χ0) is 26.0. The van der Waals surface area contributed by atoms with Crippen molar-refractivity contribution in [2.45, 2.75) is 38.5 Å². The Morgan fingerprint density at radius 3 is 2.57 bits per heavy atom. The topological polar surface area (TPSA) is 67.7 Å². The summed E-state index contributed by atoms with van der Waals surface area (Å²) in [5.74, 6) is 1.22. The van der Waals surface area contributed by atoms with Crippen molar-refractivity contribution in [3.8, 4) is 11.4 Å². The smallest absolute Gasteiger partial charge is 0.350 e. The molecule has 2 N–H and O–H groups in total. The lowest BCUT2D eigenvalue weighted by atomic mass is 9.94. The summed E-state index contributed by atoms with van der Waals surface area (Å²) >= 11 is 12.7. The molecule has 0 amide bonds. The number of aryl methyl sites for hydroxylation is 1. The van der Waals surface area contributed by atoms with Crippen LogP contribution in [0.3, 0.4) is 0 Å². The van der Waals surface area contributed by atoms with Crippen LogP contribution in [0.25, 0.3) is 22.6 Å². The standard InChI is InChI=1S/C26H25Cl2F3N6/c27-20-4-2-1-3-17(20)14-33-25-34-15-22-24(36-25)37(12-9-16-7-10-32-11-8-16)23(35-22)19-13-18(26(29,30)31)5-6-21(19)28/h1-6,13,15-16,32H,7-12,14H2,(H,33,34,36). The van der Waals surface area contributed by atoms with E-state index >= 15 is 0 Å². The van der Waals surface area contributed by atoms with Crippen LogP contribution in [0.4, 0.5) is 19.1 Å². The number of nitrogens with one attached hydrogen (secondary N) is 2. The van der Waals surface area contributed by atoms with Crippen molar-refractivity contribution < 1.29 is 13.2 Å². The number of halogens is 5. The van der Waals surface area contributed by atoms with Crippen molar-refractivity contribution >= 4 is 40.3 Å². The van der Waals surface area contributed by atoms with E-state index in [-0.39, 0.29) is 10.6 Å². The summed E-state index contributed by atoms with van der Waals surface area (Å²) in [5, 5.41) is 7.37. The van der Waals surface area contributed by atoms with E-state index in [1.807, 2.05) is 28.8 Å². The third-order valence-electron chi connectivity index (χ3n) is 6.64. The summed E-state index contributed by atoms with van der Waals surface area (Å²) in [6, 6.07) is 10.8. The molecule has 0 bridgehead atoms. The van der Waals surface area contributed by atoms with Gasteiger partial charge in [-0.2, -0.15) is 18.2 Å². The van der Waals surface area contributed by atoms with Crippen LogP contribution in [0.5, 0.6) is 0 Å². The van der Waals surface area contributed by atoms with Crippen molar-refractivity contribution in [1.29, 1.82) is 0 Å². The van der Waals surface area contributed by atoms with Crippen molar-refractivity contribution in [3.63, 3.8) is 0 Å². The Morgan fingerprint density at radius 2 is 1.81 bits per heavy atom. The molecule has 1 fully saturated rings. The lowest BCUT2D eigenvalue weighted by Crippen LogP contribution is -2.28. The molecule has 0 unspecified atom stereocenters. The van der Waals surface area contributed by atoms with Gasteiger partial charge in [0.2, 0.25) is 5.95 Å². The maximum Gasteiger partial charge on any atom is 0.416 e. The predicted octanol–water partition coefficient (Wildman–Crippen LogP) is 6.82. The van der Waals surface area contributed by atoms with Crippen LogP contribution >= 0.6 is 23.2 Å². The quantitative estimate of drug-likeness (QED) is 0.265. The highest BCUT2D eigenvalue weighted by molar-refractivity contribution is 6.33. The molecule has 6 nitrogen and oxygen atoms in total. The van der Waals surface area contributed by atoms with Gasteiger partial charge in [-0.1, -0.05) is 41.4 Å². The molecule has 11 heteroatoms. The highest BCUT2D eigenvalue weighted by atomic mass is 35.5. The number of hydrogen-bond donors (Lipinski definition) is 2. The average Bonchev–Trinajstić information content (AvgIpc) is 3.24. The number of imidazole rings is 1. The lowest BCUT2D eigenvalue weighted by Gasteiger charge is -2.23. The zero-order valence-electron chi connectivity index (χ0n) is 19.8. The fraction of sp³-hybridized carbons (Fsp3) is 0.346. The van der Waals surface area contributed by atoms with Gasteiger partial charge in [0.15, 0.2) is 5.65 Å². The Bertz CT molecular complexity index is 1400. The van der Waals surface area contributed by atoms with E-state index in [1.54, 1.807) is 6.20 Å². The molecule has 2 aromatic carbocycles. The second kappa shape index (κ2) is 10.8.